The topological polar surface area (TPSA) is 125 Å². The van der Waals surface area contributed by atoms with E-state index < -0.39 is 23.8 Å². The van der Waals surface area contributed by atoms with Crippen LogP contribution in [0.25, 0.3) is 0 Å². The summed E-state index contributed by atoms with van der Waals surface area (Å²) in [5.74, 6) is -2.57. The van der Waals surface area contributed by atoms with E-state index in [0.717, 1.165) is 4.47 Å². The van der Waals surface area contributed by atoms with Crippen LogP contribution in [0.2, 0.25) is 0 Å². The normalized spacial score (nSPS) is 11.7. The van der Waals surface area contributed by atoms with Gasteiger partial charge in [0.1, 0.15) is 6.04 Å². The zero-order chi connectivity index (χ0) is 19.7. The molecule has 0 aliphatic carbocycles. The molecule has 0 aliphatic heterocycles. The Hall–Kier alpha value is -2.26. The van der Waals surface area contributed by atoms with Gasteiger partial charge in [-0.25, -0.2) is 4.79 Å². The highest BCUT2D eigenvalue weighted by Gasteiger charge is 2.23. The van der Waals surface area contributed by atoms with Gasteiger partial charge in [0.05, 0.1) is 19.6 Å². The molecule has 0 radical (unpaired) electrons. The van der Waals surface area contributed by atoms with Gasteiger partial charge in [0.15, 0.2) is 5.78 Å². The number of hydrogen-bond donors (Lipinski definition) is 4. The Labute approximate surface area is 159 Å². The molecule has 0 unspecified atom stereocenters. The van der Waals surface area contributed by atoms with Crippen molar-refractivity contribution < 1.29 is 24.3 Å². The van der Waals surface area contributed by atoms with E-state index in [2.05, 4.69) is 31.9 Å². The number of carbonyl (C=O) groups excluding carboxylic acids is 3. The summed E-state index contributed by atoms with van der Waals surface area (Å²) in [6.45, 7) is 2.85. The molecular formula is C17H22BrN3O5. The van der Waals surface area contributed by atoms with Crippen LogP contribution in [-0.2, 0) is 14.4 Å². The van der Waals surface area contributed by atoms with E-state index in [-0.39, 0.29) is 31.3 Å². The summed E-state index contributed by atoms with van der Waals surface area (Å²) in [5.41, 5.74) is 0.481. The summed E-state index contributed by atoms with van der Waals surface area (Å²) in [7, 11) is 0. The predicted octanol–water partition coefficient (Wildman–Crippen LogP) is 0.563. The van der Waals surface area contributed by atoms with Crippen LogP contribution in [0.1, 0.15) is 24.2 Å². The summed E-state index contributed by atoms with van der Waals surface area (Å²) in [5, 5.41) is 16.4. The summed E-state index contributed by atoms with van der Waals surface area (Å²) in [6.07, 6.45) is 0. The second-order valence-electron chi connectivity index (χ2n) is 5.94. The number of aliphatic carboxylic acids is 1. The van der Waals surface area contributed by atoms with E-state index >= 15 is 0 Å². The highest BCUT2D eigenvalue weighted by atomic mass is 79.9. The van der Waals surface area contributed by atoms with Crippen LogP contribution in [0.15, 0.2) is 28.7 Å². The van der Waals surface area contributed by atoms with E-state index in [1.807, 2.05) is 0 Å². The molecule has 0 saturated carbocycles. The molecule has 8 nitrogen and oxygen atoms in total. The van der Waals surface area contributed by atoms with Gasteiger partial charge in [-0.1, -0.05) is 41.9 Å². The zero-order valence-corrected chi connectivity index (χ0v) is 16.1. The first kappa shape index (κ1) is 21.8. The third-order valence-electron chi connectivity index (χ3n) is 3.43. The molecule has 0 heterocycles. The molecule has 0 aromatic heterocycles. The Morgan fingerprint density at radius 3 is 2.12 bits per heavy atom. The van der Waals surface area contributed by atoms with E-state index in [1.54, 1.807) is 38.1 Å². The van der Waals surface area contributed by atoms with Gasteiger partial charge in [-0.2, -0.15) is 0 Å². The monoisotopic (exact) mass is 427 g/mol. The van der Waals surface area contributed by atoms with Crippen LogP contribution < -0.4 is 16.0 Å². The number of ketones is 1. The number of amides is 2. The summed E-state index contributed by atoms with van der Waals surface area (Å²) in [4.78, 5) is 46.3. The highest BCUT2D eigenvalue weighted by Crippen LogP contribution is 2.10. The Morgan fingerprint density at radius 1 is 1.00 bits per heavy atom. The van der Waals surface area contributed by atoms with Crippen LogP contribution in [0.3, 0.4) is 0 Å². The lowest BCUT2D eigenvalue weighted by molar-refractivity contribution is -0.143. The van der Waals surface area contributed by atoms with Crippen molar-refractivity contribution in [2.75, 3.05) is 19.6 Å². The van der Waals surface area contributed by atoms with Crippen molar-refractivity contribution in [1.82, 2.24) is 16.0 Å². The smallest absolute Gasteiger partial charge is 0.326 e. The molecule has 2 amide bonds. The van der Waals surface area contributed by atoms with Crippen LogP contribution in [-0.4, -0.2) is 54.3 Å². The van der Waals surface area contributed by atoms with Gasteiger partial charge in [-0.3, -0.25) is 19.7 Å². The predicted molar refractivity (Wildman–Crippen MR) is 98.8 cm³/mol. The molecule has 142 valence electrons. The fraction of sp³-hybridized carbons (Fsp3) is 0.412. The molecule has 26 heavy (non-hydrogen) atoms. The zero-order valence-electron chi connectivity index (χ0n) is 14.5. The standard InChI is InChI=1S/C17H22BrN3O5/c1-10(2)16(17(25)26)21-15(24)9-19-8-14(23)20-7-13(22)11-3-5-12(18)6-4-11/h3-6,10,16,19H,7-9H2,1-2H3,(H,20,23)(H,21,24)(H,25,26)/t16-/m0/s1. The van der Waals surface area contributed by atoms with Gasteiger partial charge in [-0.05, 0) is 18.1 Å². The minimum Gasteiger partial charge on any atom is -0.480 e. The molecule has 0 aliphatic rings. The maximum atomic E-state index is 11.9. The first-order valence-electron chi connectivity index (χ1n) is 7.99. The van der Waals surface area contributed by atoms with Gasteiger partial charge in [0.2, 0.25) is 11.8 Å². The van der Waals surface area contributed by atoms with Gasteiger partial charge < -0.3 is 15.7 Å². The SMILES string of the molecule is CC(C)[C@H](NC(=O)CNCC(=O)NCC(=O)c1ccc(Br)cc1)C(=O)O. The van der Waals surface area contributed by atoms with Crippen molar-refractivity contribution in [3.63, 3.8) is 0 Å². The number of carbonyl (C=O) groups is 4. The quantitative estimate of drug-likeness (QED) is 0.404. The van der Waals surface area contributed by atoms with Gasteiger partial charge in [-0.15, -0.1) is 0 Å². The van der Waals surface area contributed by atoms with Crippen molar-refractivity contribution in [2.24, 2.45) is 5.92 Å². The lowest BCUT2D eigenvalue weighted by Gasteiger charge is -2.17. The number of halogens is 1. The van der Waals surface area contributed by atoms with Crippen LogP contribution in [0.5, 0.6) is 0 Å². The molecule has 9 heteroatoms. The molecule has 0 spiro atoms. The van der Waals surface area contributed by atoms with Gasteiger partial charge in [0.25, 0.3) is 0 Å². The summed E-state index contributed by atoms with van der Waals surface area (Å²) >= 11 is 3.27. The Balaban J connectivity index is 2.29. The molecule has 1 atom stereocenters. The fourth-order valence-corrected chi connectivity index (χ4v) is 2.27. The van der Waals surface area contributed by atoms with Gasteiger partial charge in [0, 0.05) is 10.0 Å². The lowest BCUT2D eigenvalue weighted by atomic mass is 10.1. The minimum atomic E-state index is -1.11. The average Bonchev–Trinajstić information content (AvgIpc) is 2.57. The average molecular weight is 428 g/mol. The first-order chi connectivity index (χ1) is 12.2. The Kier molecular flexibility index (Phi) is 8.94. The third kappa shape index (κ3) is 7.75. The van der Waals surface area contributed by atoms with E-state index in [4.69, 9.17) is 5.11 Å². The number of Topliss-reactive ketones (excluding diaryl/α,β-unsaturated/α-hetero) is 1. The molecule has 0 saturated heterocycles. The third-order valence-corrected chi connectivity index (χ3v) is 3.96. The molecule has 1 aromatic carbocycles. The lowest BCUT2D eigenvalue weighted by Crippen LogP contribution is -2.48. The number of carboxylic acids is 1. The maximum absolute atomic E-state index is 11.9. The van der Waals surface area contributed by atoms with Crippen LogP contribution in [0.4, 0.5) is 0 Å². The second-order valence-corrected chi connectivity index (χ2v) is 6.85. The Bertz CT molecular complexity index is 661. The Morgan fingerprint density at radius 2 is 1.58 bits per heavy atom. The first-order valence-corrected chi connectivity index (χ1v) is 8.78. The van der Waals surface area contributed by atoms with Gasteiger partial charge >= 0.3 is 5.97 Å². The number of nitrogens with one attached hydrogen (secondary N) is 3. The number of benzene rings is 1. The van der Waals surface area contributed by atoms with Crippen molar-refractivity contribution in [3.05, 3.63) is 34.3 Å². The number of carboxylic acid groups (broad SMARTS) is 1. The number of rotatable bonds is 10. The summed E-state index contributed by atoms with van der Waals surface area (Å²) < 4.78 is 0.850. The molecule has 0 fully saturated rings. The minimum absolute atomic E-state index is 0.150. The van der Waals surface area contributed by atoms with E-state index in [0.29, 0.717) is 5.56 Å². The molecule has 1 aromatic rings. The highest BCUT2D eigenvalue weighted by molar-refractivity contribution is 9.10. The van der Waals surface area contributed by atoms with Crippen molar-refractivity contribution in [2.45, 2.75) is 19.9 Å². The second kappa shape index (κ2) is 10.7. The largest absolute Gasteiger partial charge is 0.480 e. The van der Waals surface area contributed by atoms with Crippen molar-refractivity contribution in [1.29, 1.82) is 0 Å². The molecule has 1 rings (SSSR count). The number of hydrogen-bond acceptors (Lipinski definition) is 5. The molecule has 0 bridgehead atoms. The van der Waals surface area contributed by atoms with E-state index in [9.17, 15) is 19.2 Å². The maximum Gasteiger partial charge on any atom is 0.326 e. The van der Waals surface area contributed by atoms with Crippen molar-refractivity contribution in [3.8, 4) is 0 Å². The van der Waals surface area contributed by atoms with Crippen LogP contribution in [0, 0.1) is 5.92 Å². The molecular weight excluding hydrogens is 406 g/mol. The van der Waals surface area contributed by atoms with Crippen molar-refractivity contribution >= 4 is 39.5 Å². The van der Waals surface area contributed by atoms with E-state index in [1.165, 1.54) is 0 Å². The summed E-state index contributed by atoms with van der Waals surface area (Å²) in [6, 6.07) is 5.78. The molecule has 4 N–H and O–H groups in total. The van der Waals surface area contributed by atoms with Crippen LogP contribution >= 0.6 is 15.9 Å². The fourth-order valence-electron chi connectivity index (χ4n) is 2.01.